The number of nitrogens with zero attached hydrogens (tertiary/aromatic N) is 2. The first-order valence-electron chi connectivity index (χ1n) is 4.99. The Morgan fingerprint density at radius 2 is 2.14 bits per heavy atom. The summed E-state index contributed by atoms with van der Waals surface area (Å²) in [5, 5.41) is 8.91. The first kappa shape index (κ1) is 9.23. The van der Waals surface area contributed by atoms with Crippen molar-refractivity contribution in [2.45, 2.75) is 19.5 Å². The SMILES string of the molecule is C[C@H]1CN(Cc2ccccc2)[C@@H]1C#N. The van der Waals surface area contributed by atoms with Gasteiger partial charge in [0.1, 0.15) is 6.04 Å². The smallest absolute Gasteiger partial charge is 0.102 e. The standard InChI is InChI=1S/C12H14N2/c1-10-8-14(12(10)7-13)9-11-5-3-2-4-6-11/h2-6,10,12H,8-9H2,1H3/t10-,12+/m0/s1. The number of rotatable bonds is 2. The monoisotopic (exact) mass is 186 g/mol. The van der Waals surface area contributed by atoms with Crippen LogP contribution >= 0.6 is 0 Å². The molecule has 0 N–H and O–H groups in total. The molecular formula is C12H14N2. The van der Waals surface area contributed by atoms with Crippen LogP contribution < -0.4 is 0 Å². The van der Waals surface area contributed by atoms with Gasteiger partial charge in [-0.3, -0.25) is 4.90 Å². The van der Waals surface area contributed by atoms with Crippen molar-refractivity contribution in [3.63, 3.8) is 0 Å². The van der Waals surface area contributed by atoms with E-state index < -0.39 is 0 Å². The average molecular weight is 186 g/mol. The molecule has 1 aliphatic rings. The minimum absolute atomic E-state index is 0.121. The Kier molecular flexibility index (Phi) is 2.51. The van der Waals surface area contributed by atoms with Gasteiger partial charge in [0.2, 0.25) is 0 Å². The van der Waals surface area contributed by atoms with Crippen LogP contribution in [0.15, 0.2) is 30.3 Å². The summed E-state index contributed by atoms with van der Waals surface area (Å²) in [5.74, 6) is 0.531. The molecule has 0 amide bonds. The van der Waals surface area contributed by atoms with Crippen molar-refractivity contribution in [1.82, 2.24) is 4.90 Å². The second-order valence-electron chi connectivity index (χ2n) is 3.97. The third-order valence-electron chi connectivity index (χ3n) is 2.82. The first-order chi connectivity index (χ1) is 6.81. The van der Waals surface area contributed by atoms with Gasteiger partial charge in [0, 0.05) is 13.1 Å². The van der Waals surface area contributed by atoms with E-state index >= 15 is 0 Å². The van der Waals surface area contributed by atoms with E-state index in [0.717, 1.165) is 13.1 Å². The third kappa shape index (κ3) is 1.64. The van der Waals surface area contributed by atoms with E-state index in [2.05, 4.69) is 30.0 Å². The van der Waals surface area contributed by atoms with Crippen molar-refractivity contribution < 1.29 is 0 Å². The summed E-state index contributed by atoms with van der Waals surface area (Å²) in [6.07, 6.45) is 0. The highest BCUT2D eigenvalue weighted by atomic mass is 15.2. The highest BCUT2D eigenvalue weighted by molar-refractivity contribution is 5.16. The molecule has 0 saturated carbocycles. The molecule has 2 nitrogen and oxygen atoms in total. The predicted molar refractivity (Wildman–Crippen MR) is 55.4 cm³/mol. The van der Waals surface area contributed by atoms with Gasteiger partial charge in [0.15, 0.2) is 0 Å². The number of likely N-dealkylation sites (tertiary alicyclic amines) is 1. The first-order valence-corrected chi connectivity index (χ1v) is 4.99. The van der Waals surface area contributed by atoms with Crippen molar-refractivity contribution >= 4 is 0 Å². The summed E-state index contributed by atoms with van der Waals surface area (Å²) in [7, 11) is 0. The molecule has 72 valence electrons. The molecular weight excluding hydrogens is 172 g/mol. The van der Waals surface area contributed by atoms with Crippen molar-refractivity contribution in [2.24, 2.45) is 5.92 Å². The third-order valence-corrected chi connectivity index (χ3v) is 2.82. The van der Waals surface area contributed by atoms with Gasteiger partial charge in [0.05, 0.1) is 6.07 Å². The molecule has 1 aromatic carbocycles. The van der Waals surface area contributed by atoms with Crippen molar-refractivity contribution in [2.75, 3.05) is 6.54 Å². The number of benzene rings is 1. The molecule has 0 unspecified atom stereocenters. The fraction of sp³-hybridized carbons (Fsp3) is 0.417. The summed E-state index contributed by atoms with van der Waals surface area (Å²) < 4.78 is 0. The Morgan fingerprint density at radius 3 is 2.71 bits per heavy atom. The van der Waals surface area contributed by atoms with E-state index in [4.69, 9.17) is 5.26 Å². The maximum absolute atomic E-state index is 8.91. The summed E-state index contributed by atoms with van der Waals surface area (Å²) in [4.78, 5) is 2.22. The largest absolute Gasteiger partial charge is 0.283 e. The van der Waals surface area contributed by atoms with E-state index in [9.17, 15) is 0 Å². The predicted octanol–water partition coefficient (Wildman–Crippen LogP) is 2.03. The number of hydrogen-bond acceptors (Lipinski definition) is 2. The molecule has 0 radical (unpaired) electrons. The molecule has 1 saturated heterocycles. The Hall–Kier alpha value is -1.33. The Morgan fingerprint density at radius 1 is 1.43 bits per heavy atom. The topological polar surface area (TPSA) is 27.0 Å². The maximum atomic E-state index is 8.91. The Balaban J connectivity index is 1.98. The normalized spacial score (nSPS) is 26.6. The molecule has 1 aromatic rings. The summed E-state index contributed by atoms with van der Waals surface area (Å²) in [6, 6.07) is 12.8. The molecule has 2 heteroatoms. The minimum Gasteiger partial charge on any atom is -0.283 e. The van der Waals surface area contributed by atoms with Gasteiger partial charge >= 0.3 is 0 Å². The van der Waals surface area contributed by atoms with Crippen molar-refractivity contribution in [3.05, 3.63) is 35.9 Å². The van der Waals surface area contributed by atoms with Gasteiger partial charge < -0.3 is 0 Å². The van der Waals surface area contributed by atoms with E-state index in [-0.39, 0.29) is 6.04 Å². The zero-order valence-electron chi connectivity index (χ0n) is 8.35. The second-order valence-corrected chi connectivity index (χ2v) is 3.97. The highest BCUT2D eigenvalue weighted by Crippen LogP contribution is 2.25. The van der Waals surface area contributed by atoms with E-state index in [1.54, 1.807) is 0 Å². The van der Waals surface area contributed by atoms with Crippen LogP contribution in [0.1, 0.15) is 12.5 Å². The van der Waals surface area contributed by atoms with Crippen LogP contribution in [0, 0.1) is 17.2 Å². The van der Waals surface area contributed by atoms with Crippen LogP contribution in [0.4, 0.5) is 0 Å². The lowest BCUT2D eigenvalue weighted by atomic mass is 9.91. The summed E-state index contributed by atoms with van der Waals surface area (Å²) in [5.41, 5.74) is 1.29. The van der Waals surface area contributed by atoms with Gasteiger partial charge in [0.25, 0.3) is 0 Å². The fourth-order valence-electron chi connectivity index (χ4n) is 1.99. The van der Waals surface area contributed by atoms with Crippen LogP contribution in [0.25, 0.3) is 0 Å². The number of hydrogen-bond donors (Lipinski definition) is 0. The molecule has 0 aliphatic carbocycles. The van der Waals surface area contributed by atoms with Crippen molar-refractivity contribution in [1.29, 1.82) is 5.26 Å². The molecule has 2 rings (SSSR count). The number of nitriles is 1. The Bertz CT molecular complexity index is 339. The highest BCUT2D eigenvalue weighted by Gasteiger charge is 2.35. The van der Waals surface area contributed by atoms with Crippen LogP contribution in [0.5, 0.6) is 0 Å². The molecule has 2 atom stereocenters. The van der Waals surface area contributed by atoms with E-state index in [0.29, 0.717) is 5.92 Å². The molecule has 14 heavy (non-hydrogen) atoms. The quantitative estimate of drug-likeness (QED) is 0.706. The zero-order valence-corrected chi connectivity index (χ0v) is 8.35. The second kappa shape index (κ2) is 3.81. The minimum atomic E-state index is 0.121. The molecule has 1 aliphatic heterocycles. The van der Waals surface area contributed by atoms with Gasteiger partial charge in [-0.25, -0.2) is 0 Å². The van der Waals surface area contributed by atoms with E-state index in [1.807, 2.05) is 18.2 Å². The van der Waals surface area contributed by atoms with Crippen LogP contribution in [-0.4, -0.2) is 17.5 Å². The average Bonchev–Trinajstić information content (AvgIpc) is 2.19. The van der Waals surface area contributed by atoms with Gasteiger partial charge in [-0.1, -0.05) is 37.3 Å². The van der Waals surface area contributed by atoms with Gasteiger partial charge in [-0.05, 0) is 11.5 Å². The van der Waals surface area contributed by atoms with Gasteiger partial charge in [-0.2, -0.15) is 5.26 Å². The molecule has 1 fully saturated rings. The summed E-state index contributed by atoms with van der Waals surface area (Å²) >= 11 is 0. The lowest BCUT2D eigenvalue weighted by Crippen LogP contribution is -2.53. The molecule has 0 bridgehead atoms. The van der Waals surface area contributed by atoms with E-state index in [1.165, 1.54) is 5.56 Å². The van der Waals surface area contributed by atoms with Crippen LogP contribution in [-0.2, 0) is 6.54 Å². The Labute approximate surface area is 84.8 Å². The lowest BCUT2D eigenvalue weighted by Gasteiger charge is -2.42. The molecule has 0 spiro atoms. The molecule has 0 aromatic heterocycles. The lowest BCUT2D eigenvalue weighted by molar-refractivity contribution is 0.0552. The zero-order chi connectivity index (χ0) is 9.97. The van der Waals surface area contributed by atoms with Crippen LogP contribution in [0.3, 0.4) is 0 Å². The fourth-order valence-corrected chi connectivity index (χ4v) is 1.99. The maximum Gasteiger partial charge on any atom is 0.102 e. The molecule has 1 heterocycles. The van der Waals surface area contributed by atoms with Gasteiger partial charge in [-0.15, -0.1) is 0 Å². The van der Waals surface area contributed by atoms with Crippen LogP contribution in [0.2, 0.25) is 0 Å². The van der Waals surface area contributed by atoms with Crippen molar-refractivity contribution in [3.8, 4) is 6.07 Å². The summed E-state index contributed by atoms with van der Waals surface area (Å²) in [6.45, 7) is 4.09.